The molecule has 19 heavy (non-hydrogen) atoms. The maximum atomic E-state index is 11.4. The third-order valence-corrected chi connectivity index (χ3v) is 4.31. The Morgan fingerprint density at radius 2 is 2.11 bits per heavy atom. The first kappa shape index (κ1) is 14.4. The first-order valence-electron chi connectivity index (χ1n) is 4.98. The number of aromatic nitrogens is 1. The fraction of sp³-hybridized carbons (Fsp3) is 0.0909. The molecule has 0 atom stereocenters. The summed E-state index contributed by atoms with van der Waals surface area (Å²) in [4.78, 5) is 15.7. The molecule has 2 rings (SSSR count). The lowest BCUT2D eigenvalue weighted by molar-refractivity contribution is 0.0606. The Bertz CT molecular complexity index is 630. The zero-order valence-corrected chi connectivity index (χ0v) is 12.6. The summed E-state index contributed by atoms with van der Waals surface area (Å²) < 4.78 is 4.60. The molecule has 0 spiro atoms. The second-order valence-electron chi connectivity index (χ2n) is 3.36. The molecule has 0 saturated carbocycles. The molecule has 1 N–H and O–H groups in total. The Hall–Kier alpha value is -1.01. The number of anilines is 2. The van der Waals surface area contributed by atoms with Gasteiger partial charge in [0.05, 0.1) is 22.8 Å². The maximum absolute atomic E-state index is 11.4. The van der Waals surface area contributed by atoms with Gasteiger partial charge in [0.2, 0.25) is 0 Å². The van der Waals surface area contributed by atoms with Crippen LogP contribution >= 0.6 is 46.1 Å². The third-order valence-electron chi connectivity index (χ3n) is 2.15. The lowest BCUT2D eigenvalue weighted by atomic mass is 10.3. The quantitative estimate of drug-likeness (QED) is 0.829. The number of hydrogen-bond donors (Lipinski definition) is 1. The SMILES string of the molecule is COC(=O)c1sc(Nc2cccc(Cl)c2Cl)nc1Cl. The predicted molar refractivity (Wildman–Crippen MR) is 78.2 cm³/mol. The Kier molecular flexibility index (Phi) is 4.52. The van der Waals surface area contributed by atoms with Crippen molar-refractivity contribution in [3.63, 3.8) is 0 Å². The van der Waals surface area contributed by atoms with Crippen molar-refractivity contribution in [3.05, 3.63) is 38.3 Å². The average molecular weight is 338 g/mol. The van der Waals surface area contributed by atoms with Crippen LogP contribution in [0.2, 0.25) is 15.2 Å². The topological polar surface area (TPSA) is 51.2 Å². The molecule has 4 nitrogen and oxygen atoms in total. The largest absolute Gasteiger partial charge is 0.465 e. The number of methoxy groups -OCH3 is 1. The van der Waals surface area contributed by atoms with Crippen LogP contribution in [0, 0.1) is 0 Å². The first-order valence-corrected chi connectivity index (χ1v) is 6.93. The normalized spacial score (nSPS) is 10.3. The molecule has 2 aromatic rings. The summed E-state index contributed by atoms with van der Waals surface area (Å²) in [5, 5.41) is 4.25. The summed E-state index contributed by atoms with van der Waals surface area (Å²) in [6, 6.07) is 5.15. The van der Waals surface area contributed by atoms with Crippen LogP contribution in [0.25, 0.3) is 0 Å². The molecule has 0 saturated heterocycles. The lowest BCUT2D eigenvalue weighted by Crippen LogP contribution is -1.98. The monoisotopic (exact) mass is 336 g/mol. The van der Waals surface area contributed by atoms with Crippen LogP contribution in [0.5, 0.6) is 0 Å². The molecular weight excluding hydrogens is 331 g/mol. The van der Waals surface area contributed by atoms with Gasteiger partial charge in [-0.2, -0.15) is 0 Å². The molecule has 0 radical (unpaired) electrons. The predicted octanol–water partition coefficient (Wildman–Crippen LogP) is 4.63. The second kappa shape index (κ2) is 5.96. The standard InChI is InChI=1S/C11H7Cl3N2O2S/c1-18-10(17)8-9(14)16-11(19-8)15-6-4-2-3-5(12)7(6)13/h2-4H,1H3,(H,15,16). The summed E-state index contributed by atoms with van der Waals surface area (Å²) in [7, 11) is 1.28. The summed E-state index contributed by atoms with van der Waals surface area (Å²) in [5.74, 6) is -0.534. The van der Waals surface area contributed by atoms with Crippen molar-refractivity contribution in [2.45, 2.75) is 0 Å². The Balaban J connectivity index is 2.29. The molecule has 1 aromatic heterocycles. The van der Waals surface area contributed by atoms with Gasteiger partial charge in [0.25, 0.3) is 0 Å². The molecule has 0 amide bonds. The van der Waals surface area contributed by atoms with Gasteiger partial charge in [0.15, 0.2) is 15.2 Å². The van der Waals surface area contributed by atoms with Gasteiger partial charge in [-0.15, -0.1) is 0 Å². The van der Waals surface area contributed by atoms with Gasteiger partial charge in [0, 0.05) is 0 Å². The van der Waals surface area contributed by atoms with E-state index in [-0.39, 0.29) is 10.0 Å². The Morgan fingerprint density at radius 1 is 1.37 bits per heavy atom. The van der Waals surface area contributed by atoms with Crippen molar-refractivity contribution in [1.29, 1.82) is 0 Å². The summed E-state index contributed by atoms with van der Waals surface area (Å²) in [6.45, 7) is 0. The van der Waals surface area contributed by atoms with E-state index in [1.807, 2.05) is 0 Å². The molecule has 1 heterocycles. The number of carbonyl (C=O) groups excluding carboxylic acids is 1. The van der Waals surface area contributed by atoms with Gasteiger partial charge in [-0.3, -0.25) is 0 Å². The highest BCUT2D eigenvalue weighted by Crippen LogP contribution is 2.34. The fourth-order valence-electron chi connectivity index (χ4n) is 1.29. The maximum Gasteiger partial charge on any atom is 0.351 e. The minimum atomic E-state index is -0.534. The Labute approximate surface area is 128 Å². The zero-order valence-electron chi connectivity index (χ0n) is 9.54. The fourth-order valence-corrected chi connectivity index (χ4v) is 2.75. The van der Waals surface area contributed by atoms with Crippen LogP contribution in [-0.2, 0) is 4.74 Å². The highest BCUT2D eigenvalue weighted by atomic mass is 35.5. The first-order chi connectivity index (χ1) is 9.02. The van der Waals surface area contributed by atoms with E-state index < -0.39 is 5.97 Å². The number of halogens is 3. The summed E-state index contributed by atoms with van der Waals surface area (Å²) in [5.41, 5.74) is 0.580. The van der Waals surface area contributed by atoms with Crippen LogP contribution in [-0.4, -0.2) is 18.1 Å². The van der Waals surface area contributed by atoms with Crippen LogP contribution < -0.4 is 5.32 Å². The van der Waals surface area contributed by atoms with Gasteiger partial charge in [-0.05, 0) is 12.1 Å². The highest BCUT2D eigenvalue weighted by Gasteiger charge is 2.18. The van der Waals surface area contributed by atoms with E-state index in [1.165, 1.54) is 7.11 Å². The van der Waals surface area contributed by atoms with E-state index in [9.17, 15) is 4.79 Å². The molecule has 0 unspecified atom stereocenters. The molecule has 0 aliphatic carbocycles. The van der Waals surface area contributed by atoms with Gasteiger partial charge in [0.1, 0.15) is 0 Å². The number of benzene rings is 1. The van der Waals surface area contributed by atoms with E-state index in [0.717, 1.165) is 11.3 Å². The number of hydrogen-bond acceptors (Lipinski definition) is 5. The molecule has 0 bridgehead atoms. The second-order valence-corrected chi connectivity index (χ2v) is 5.50. The minimum Gasteiger partial charge on any atom is -0.465 e. The molecule has 0 aliphatic rings. The number of carbonyl (C=O) groups is 1. The Morgan fingerprint density at radius 3 is 2.79 bits per heavy atom. The van der Waals surface area contributed by atoms with Crippen LogP contribution in [0.3, 0.4) is 0 Å². The molecule has 0 aliphatic heterocycles. The number of nitrogens with one attached hydrogen (secondary N) is 1. The molecule has 100 valence electrons. The number of esters is 1. The van der Waals surface area contributed by atoms with Crippen molar-refractivity contribution >= 4 is 62.9 Å². The van der Waals surface area contributed by atoms with Gasteiger partial charge >= 0.3 is 5.97 Å². The smallest absolute Gasteiger partial charge is 0.351 e. The molecular formula is C11H7Cl3N2O2S. The number of nitrogens with zero attached hydrogens (tertiary/aromatic N) is 1. The lowest BCUT2D eigenvalue weighted by Gasteiger charge is -2.05. The molecule has 1 aromatic carbocycles. The highest BCUT2D eigenvalue weighted by molar-refractivity contribution is 7.18. The van der Waals surface area contributed by atoms with E-state index in [0.29, 0.717) is 20.9 Å². The van der Waals surface area contributed by atoms with E-state index >= 15 is 0 Å². The number of ether oxygens (including phenoxy) is 1. The van der Waals surface area contributed by atoms with Crippen LogP contribution in [0.4, 0.5) is 10.8 Å². The summed E-state index contributed by atoms with van der Waals surface area (Å²) in [6.07, 6.45) is 0. The van der Waals surface area contributed by atoms with Crippen LogP contribution in [0.15, 0.2) is 18.2 Å². The van der Waals surface area contributed by atoms with Crippen molar-refractivity contribution in [2.24, 2.45) is 0 Å². The van der Waals surface area contributed by atoms with E-state index in [2.05, 4.69) is 15.0 Å². The average Bonchev–Trinajstić information content (AvgIpc) is 2.75. The van der Waals surface area contributed by atoms with Crippen molar-refractivity contribution in [3.8, 4) is 0 Å². The number of rotatable bonds is 3. The van der Waals surface area contributed by atoms with Gasteiger partial charge < -0.3 is 10.1 Å². The van der Waals surface area contributed by atoms with E-state index in [4.69, 9.17) is 34.8 Å². The van der Waals surface area contributed by atoms with Gasteiger partial charge in [-0.25, -0.2) is 9.78 Å². The molecule has 0 fully saturated rings. The van der Waals surface area contributed by atoms with Crippen molar-refractivity contribution in [2.75, 3.05) is 12.4 Å². The van der Waals surface area contributed by atoms with Crippen molar-refractivity contribution < 1.29 is 9.53 Å². The van der Waals surface area contributed by atoms with Gasteiger partial charge in [-0.1, -0.05) is 52.2 Å². The third kappa shape index (κ3) is 3.12. The molecule has 8 heteroatoms. The zero-order chi connectivity index (χ0) is 14.0. The minimum absolute atomic E-state index is 0.0810. The van der Waals surface area contributed by atoms with Crippen LogP contribution in [0.1, 0.15) is 9.67 Å². The summed E-state index contributed by atoms with van der Waals surface area (Å²) >= 11 is 18.9. The van der Waals surface area contributed by atoms with E-state index in [1.54, 1.807) is 18.2 Å². The van der Waals surface area contributed by atoms with Crippen molar-refractivity contribution in [1.82, 2.24) is 4.98 Å². The number of thiazole rings is 1.